The molecule has 1 aromatic rings. The lowest BCUT2D eigenvalue weighted by Gasteiger charge is -1.89. The average molecular weight is 168 g/mol. The zero-order valence-corrected chi connectivity index (χ0v) is 6.51. The number of nitriles is 1. The SMILES string of the molecule is COC(=O)c1csc(C#N)n1. The maximum atomic E-state index is 10.8. The molecule has 0 aliphatic heterocycles. The minimum Gasteiger partial charge on any atom is -0.464 e. The van der Waals surface area contributed by atoms with Crippen molar-refractivity contribution in [2.24, 2.45) is 0 Å². The van der Waals surface area contributed by atoms with Crippen LogP contribution < -0.4 is 0 Å². The van der Waals surface area contributed by atoms with Gasteiger partial charge >= 0.3 is 5.97 Å². The highest BCUT2D eigenvalue weighted by Gasteiger charge is 2.09. The quantitative estimate of drug-likeness (QED) is 0.582. The van der Waals surface area contributed by atoms with Crippen molar-refractivity contribution in [1.82, 2.24) is 4.98 Å². The van der Waals surface area contributed by atoms with Crippen LogP contribution in [0.1, 0.15) is 15.5 Å². The highest BCUT2D eigenvalue weighted by atomic mass is 32.1. The van der Waals surface area contributed by atoms with Crippen LogP contribution >= 0.6 is 11.3 Å². The van der Waals surface area contributed by atoms with Crippen molar-refractivity contribution in [1.29, 1.82) is 5.26 Å². The lowest BCUT2D eigenvalue weighted by molar-refractivity contribution is 0.0595. The van der Waals surface area contributed by atoms with Crippen LogP contribution in [-0.4, -0.2) is 18.1 Å². The number of carbonyl (C=O) groups is 1. The summed E-state index contributed by atoms with van der Waals surface area (Å²) in [4.78, 5) is 14.4. The van der Waals surface area contributed by atoms with E-state index in [0.29, 0.717) is 0 Å². The summed E-state index contributed by atoms with van der Waals surface area (Å²) in [5.41, 5.74) is 0.189. The van der Waals surface area contributed by atoms with E-state index in [2.05, 4.69) is 9.72 Å². The zero-order chi connectivity index (χ0) is 8.27. The molecule has 1 rings (SSSR count). The highest BCUT2D eigenvalue weighted by Crippen LogP contribution is 2.08. The Bertz CT molecular complexity index is 313. The standard InChI is InChI=1S/C6H4N2O2S/c1-10-6(9)4-3-11-5(2-7)8-4/h3H,1H3. The van der Waals surface area contributed by atoms with Gasteiger partial charge in [-0.1, -0.05) is 0 Å². The Kier molecular flexibility index (Phi) is 2.18. The third-order valence-electron chi connectivity index (χ3n) is 0.994. The van der Waals surface area contributed by atoms with Crippen molar-refractivity contribution in [2.75, 3.05) is 7.11 Å². The van der Waals surface area contributed by atoms with Crippen LogP contribution in [0, 0.1) is 11.3 Å². The van der Waals surface area contributed by atoms with Gasteiger partial charge in [-0.25, -0.2) is 9.78 Å². The highest BCUT2D eigenvalue weighted by molar-refractivity contribution is 7.10. The van der Waals surface area contributed by atoms with E-state index in [1.54, 1.807) is 0 Å². The van der Waals surface area contributed by atoms with E-state index < -0.39 is 5.97 Å². The molecule has 0 amide bonds. The van der Waals surface area contributed by atoms with E-state index in [1.807, 2.05) is 6.07 Å². The molecular formula is C6H4N2O2S. The van der Waals surface area contributed by atoms with Crippen LogP contribution in [0.4, 0.5) is 0 Å². The molecule has 0 bridgehead atoms. The predicted molar refractivity (Wildman–Crippen MR) is 38.2 cm³/mol. The predicted octanol–water partition coefficient (Wildman–Crippen LogP) is 0.801. The largest absolute Gasteiger partial charge is 0.464 e. The Morgan fingerprint density at radius 3 is 3.09 bits per heavy atom. The third kappa shape index (κ3) is 1.53. The zero-order valence-electron chi connectivity index (χ0n) is 5.70. The van der Waals surface area contributed by atoms with Crippen LogP contribution in [0.2, 0.25) is 0 Å². The lowest BCUT2D eigenvalue weighted by Crippen LogP contribution is -2.00. The molecule has 0 unspecified atom stereocenters. The summed E-state index contributed by atoms with van der Waals surface area (Å²) in [7, 11) is 1.27. The molecule has 0 aliphatic rings. The molecule has 5 heteroatoms. The maximum absolute atomic E-state index is 10.8. The van der Waals surface area contributed by atoms with E-state index in [0.717, 1.165) is 11.3 Å². The molecule has 4 nitrogen and oxygen atoms in total. The lowest BCUT2D eigenvalue weighted by atomic mass is 10.5. The van der Waals surface area contributed by atoms with Crippen molar-refractivity contribution < 1.29 is 9.53 Å². The number of esters is 1. The summed E-state index contributed by atoms with van der Waals surface area (Å²) in [6.07, 6.45) is 0. The summed E-state index contributed by atoms with van der Waals surface area (Å²) in [6.45, 7) is 0. The topological polar surface area (TPSA) is 63.0 Å². The molecule has 0 aliphatic carbocycles. The van der Waals surface area contributed by atoms with E-state index in [9.17, 15) is 4.79 Å². The first kappa shape index (κ1) is 7.69. The summed E-state index contributed by atoms with van der Waals surface area (Å²) in [5.74, 6) is -0.511. The number of rotatable bonds is 1. The van der Waals surface area contributed by atoms with Gasteiger partial charge in [-0.3, -0.25) is 0 Å². The van der Waals surface area contributed by atoms with Gasteiger partial charge < -0.3 is 4.74 Å². The Balaban J connectivity index is 2.91. The Morgan fingerprint density at radius 1 is 1.91 bits per heavy atom. The molecule has 0 spiro atoms. The molecule has 1 aromatic heterocycles. The van der Waals surface area contributed by atoms with Gasteiger partial charge in [-0.05, 0) is 0 Å². The fourth-order valence-corrected chi connectivity index (χ4v) is 1.10. The van der Waals surface area contributed by atoms with Crippen molar-refractivity contribution in [3.8, 4) is 6.07 Å². The van der Waals surface area contributed by atoms with Crippen LogP contribution in [0.25, 0.3) is 0 Å². The summed E-state index contributed by atoms with van der Waals surface area (Å²) >= 11 is 1.12. The Morgan fingerprint density at radius 2 is 2.64 bits per heavy atom. The van der Waals surface area contributed by atoms with E-state index in [4.69, 9.17) is 5.26 Å². The minimum absolute atomic E-state index is 0.189. The number of aromatic nitrogens is 1. The number of carbonyl (C=O) groups excluding carboxylic acids is 1. The number of hydrogen-bond donors (Lipinski definition) is 0. The van der Waals surface area contributed by atoms with Crippen LogP contribution in [0.3, 0.4) is 0 Å². The van der Waals surface area contributed by atoms with E-state index >= 15 is 0 Å². The van der Waals surface area contributed by atoms with Crippen molar-refractivity contribution >= 4 is 17.3 Å². The number of nitrogens with zero attached hydrogens (tertiary/aromatic N) is 2. The van der Waals surface area contributed by atoms with E-state index in [1.165, 1.54) is 12.5 Å². The smallest absolute Gasteiger partial charge is 0.357 e. The van der Waals surface area contributed by atoms with Gasteiger partial charge in [0.1, 0.15) is 6.07 Å². The molecule has 0 saturated heterocycles. The Hall–Kier alpha value is -1.41. The van der Waals surface area contributed by atoms with Crippen molar-refractivity contribution in [2.45, 2.75) is 0 Å². The number of ether oxygens (including phenoxy) is 1. The van der Waals surface area contributed by atoms with Gasteiger partial charge in [0.25, 0.3) is 0 Å². The molecule has 0 radical (unpaired) electrons. The van der Waals surface area contributed by atoms with Crippen LogP contribution in [-0.2, 0) is 4.74 Å². The first-order valence-electron chi connectivity index (χ1n) is 2.72. The summed E-state index contributed by atoms with van der Waals surface area (Å²) in [6, 6.07) is 1.83. The minimum atomic E-state index is -0.511. The van der Waals surface area contributed by atoms with E-state index in [-0.39, 0.29) is 10.7 Å². The first-order valence-corrected chi connectivity index (χ1v) is 3.60. The molecule has 1 heterocycles. The molecule has 0 aromatic carbocycles. The van der Waals surface area contributed by atoms with Crippen LogP contribution in [0.5, 0.6) is 0 Å². The number of thiazole rings is 1. The van der Waals surface area contributed by atoms with Crippen LogP contribution in [0.15, 0.2) is 5.38 Å². The number of methoxy groups -OCH3 is 1. The van der Waals surface area contributed by atoms with Gasteiger partial charge in [0.2, 0.25) is 0 Å². The summed E-state index contributed by atoms with van der Waals surface area (Å²) < 4.78 is 4.39. The molecular weight excluding hydrogens is 164 g/mol. The molecule has 0 N–H and O–H groups in total. The normalized spacial score (nSPS) is 8.73. The van der Waals surface area contributed by atoms with Crippen molar-refractivity contribution in [3.05, 3.63) is 16.1 Å². The molecule has 0 saturated carbocycles. The first-order chi connectivity index (χ1) is 5.27. The van der Waals surface area contributed by atoms with Gasteiger partial charge in [0.05, 0.1) is 7.11 Å². The molecule has 56 valence electrons. The fourth-order valence-electron chi connectivity index (χ4n) is 0.523. The molecule has 11 heavy (non-hydrogen) atoms. The second-order valence-corrected chi connectivity index (χ2v) is 2.50. The third-order valence-corrected chi connectivity index (χ3v) is 1.74. The van der Waals surface area contributed by atoms with Gasteiger partial charge in [-0.2, -0.15) is 5.26 Å². The fraction of sp³-hybridized carbons (Fsp3) is 0.167. The maximum Gasteiger partial charge on any atom is 0.357 e. The second-order valence-electron chi connectivity index (χ2n) is 1.64. The molecule has 0 fully saturated rings. The van der Waals surface area contributed by atoms with Crippen molar-refractivity contribution in [3.63, 3.8) is 0 Å². The monoisotopic (exact) mass is 168 g/mol. The van der Waals surface area contributed by atoms with Gasteiger partial charge in [0, 0.05) is 5.38 Å². The molecule has 0 atom stereocenters. The second kappa shape index (κ2) is 3.12. The summed E-state index contributed by atoms with van der Waals surface area (Å²) in [5, 5.41) is 10.1. The van der Waals surface area contributed by atoms with Gasteiger partial charge in [0.15, 0.2) is 10.7 Å². The number of hydrogen-bond acceptors (Lipinski definition) is 5. The Labute approximate surface area is 67.1 Å². The van der Waals surface area contributed by atoms with Gasteiger partial charge in [-0.15, -0.1) is 11.3 Å². The average Bonchev–Trinajstić information content (AvgIpc) is 2.50.